The van der Waals surface area contributed by atoms with Crippen LogP contribution in [0.3, 0.4) is 0 Å². The van der Waals surface area contributed by atoms with Gasteiger partial charge in [-0.3, -0.25) is 14.7 Å². The van der Waals surface area contributed by atoms with Gasteiger partial charge in [0, 0.05) is 63.4 Å². The number of hydrogen-bond acceptors (Lipinski definition) is 6. The Morgan fingerprint density at radius 3 is 2.69 bits per heavy atom. The lowest BCUT2D eigenvalue weighted by atomic mass is 9.99. The molecule has 1 aromatic rings. The van der Waals surface area contributed by atoms with Crippen LogP contribution in [0.15, 0.2) is 18.3 Å². The van der Waals surface area contributed by atoms with E-state index in [2.05, 4.69) is 15.2 Å². The van der Waals surface area contributed by atoms with Crippen LogP contribution >= 0.6 is 0 Å². The van der Waals surface area contributed by atoms with E-state index < -0.39 is 10.0 Å². The first-order valence-corrected chi connectivity index (χ1v) is 12.2. The van der Waals surface area contributed by atoms with Gasteiger partial charge >= 0.3 is 0 Å². The number of aromatic nitrogens is 1. The van der Waals surface area contributed by atoms with Crippen LogP contribution in [0.2, 0.25) is 0 Å². The molecule has 2 aliphatic heterocycles. The molecule has 1 N–H and O–H groups in total. The maximum absolute atomic E-state index is 12.4. The molecule has 1 amide bonds. The number of carbonyl (C=O) groups excluding carboxylic acids is 1. The summed E-state index contributed by atoms with van der Waals surface area (Å²) >= 11 is 0. The smallest absolute Gasteiger partial charge is 0.252 e. The van der Waals surface area contributed by atoms with Crippen molar-refractivity contribution in [3.63, 3.8) is 0 Å². The standard InChI is InChI=1S/C20H32N4O4S/c1-16-5-6-17(14-22-16)20(25)21-9-11-24(18-7-12-28-13-8-18)19-4-3-10-23(15-19)29(2,26)27/h5-6,14,18-19H,3-4,7-13,15H2,1-2H3,(H,21,25). The van der Waals surface area contributed by atoms with Crippen LogP contribution in [0.4, 0.5) is 0 Å². The Hall–Kier alpha value is -1.55. The van der Waals surface area contributed by atoms with E-state index in [1.54, 1.807) is 16.6 Å². The van der Waals surface area contributed by atoms with Crippen molar-refractivity contribution in [1.82, 2.24) is 19.5 Å². The van der Waals surface area contributed by atoms with Gasteiger partial charge in [0.15, 0.2) is 0 Å². The molecule has 0 aliphatic carbocycles. The molecule has 9 heteroatoms. The number of aryl methyl sites for hydroxylation is 1. The third-order valence-corrected chi connectivity index (χ3v) is 7.06. The highest BCUT2D eigenvalue weighted by Gasteiger charge is 2.33. The normalized spacial score (nSPS) is 22.0. The van der Waals surface area contributed by atoms with Gasteiger partial charge in [0.2, 0.25) is 10.0 Å². The van der Waals surface area contributed by atoms with Gasteiger partial charge in [0.1, 0.15) is 0 Å². The molecule has 2 aliphatic rings. The molecule has 0 bridgehead atoms. The molecule has 162 valence electrons. The van der Waals surface area contributed by atoms with Gasteiger partial charge in [0.05, 0.1) is 11.8 Å². The minimum Gasteiger partial charge on any atom is -0.381 e. The Labute approximate surface area is 173 Å². The van der Waals surface area contributed by atoms with Crippen LogP contribution < -0.4 is 5.32 Å². The summed E-state index contributed by atoms with van der Waals surface area (Å²) in [6.07, 6.45) is 6.57. The average molecular weight is 425 g/mol. The number of carbonyl (C=O) groups is 1. The van der Waals surface area contributed by atoms with Gasteiger partial charge in [-0.15, -0.1) is 0 Å². The fourth-order valence-corrected chi connectivity index (χ4v) is 5.08. The maximum Gasteiger partial charge on any atom is 0.252 e. The van der Waals surface area contributed by atoms with Crippen LogP contribution in [0, 0.1) is 6.92 Å². The number of piperidine rings is 1. The molecule has 3 heterocycles. The van der Waals surface area contributed by atoms with E-state index in [0.29, 0.717) is 37.8 Å². The van der Waals surface area contributed by atoms with Crippen molar-refractivity contribution in [2.45, 2.75) is 44.7 Å². The van der Waals surface area contributed by atoms with Gasteiger partial charge in [-0.25, -0.2) is 12.7 Å². The van der Waals surface area contributed by atoms with Gasteiger partial charge in [0.25, 0.3) is 5.91 Å². The topological polar surface area (TPSA) is 91.8 Å². The number of nitrogens with one attached hydrogen (secondary N) is 1. The molecule has 8 nitrogen and oxygen atoms in total. The highest BCUT2D eigenvalue weighted by molar-refractivity contribution is 7.88. The van der Waals surface area contributed by atoms with Crippen LogP contribution in [0.25, 0.3) is 0 Å². The second-order valence-corrected chi connectivity index (χ2v) is 9.93. The molecule has 1 unspecified atom stereocenters. The predicted octanol–water partition coefficient (Wildman–Crippen LogP) is 1.02. The van der Waals surface area contributed by atoms with E-state index in [1.165, 1.54) is 6.26 Å². The molecule has 0 radical (unpaired) electrons. The van der Waals surface area contributed by atoms with Gasteiger partial charge in [-0.1, -0.05) is 0 Å². The summed E-state index contributed by atoms with van der Waals surface area (Å²) < 4.78 is 31.2. The number of hydrogen-bond donors (Lipinski definition) is 1. The van der Waals surface area contributed by atoms with Crippen molar-refractivity contribution < 1.29 is 17.9 Å². The van der Waals surface area contributed by atoms with Crippen molar-refractivity contribution in [2.24, 2.45) is 0 Å². The number of amides is 1. The fourth-order valence-electron chi connectivity index (χ4n) is 4.18. The number of rotatable bonds is 7. The molecule has 0 saturated carbocycles. The molecule has 1 aromatic heterocycles. The summed E-state index contributed by atoms with van der Waals surface area (Å²) in [7, 11) is -3.19. The summed E-state index contributed by atoms with van der Waals surface area (Å²) in [5.74, 6) is -0.133. The lowest BCUT2D eigenvalue weighted by Crippen LogP contribution is -2.55. The second-order valence-electron chi connectivity index (χ2n) is 7.94. The monoisotopic (exact) mass is 424 g/mol. The Balaban J connectivity index is 1.62. The van der Waals surface area contributed by atoms with Crippen LogP contribution in [0.1, 0.15) is 41.7 Å². The quantitative estimate of drug-likeness (QED) is 0.703. The zero-order chi connectivity index (χ0) is 20.9. The third-order valence-electron chi connectivity index (χ3n) is 5.79. The Morgan fingerprint density at radius 1 is 1.28 bits per heavy atom. The SMILES string of the molecule is Cc1ccc(C(=O)NCCN(C2CCOCC2)C2CCCN(S(C)(=O)=O)C2)cn1. The number of sulfonamides is 1. The highest BCUT2D eigenvalue weighted by Crippen LogP contribution is 2.24. The van der Waals surface area contributed by atoms with Gasteiger partial charge in [-0.2, -0.15) is 0 Å². The van der Waals surface area contributed by atoms with E-state index in [0.717, 1.165) is 44.6 Å². The van der Waals surface area contributed by atoms with E-state index >= 15 is 0 Å². The molecule has 2 fully saturated rings. The first-order valence-electron chi connectivity index (χ1n) is 10.3. The number of pyridine rings is 1. The van der Waals surface area contributed by atoms with Crippen molar-refractivity contribution >= 4 is 15.9 Å². The number of nitrogens with zero attached hydrogens (tertiary/aromatic N) is 3. The molecular weight excluding hydrogens is 392 g/mol. The highest BCUT2D eigenvalue weighted by atomic mass is 32.2. The Bertz CT molecular complexity index is 778. The van der Waals surface area contributed by atoms with Crippen molar-refractivity contribution in [2.75, 3.05) is 45.6 Å². The molecule has 29 heavy (non-hydrogen) atoms. The van der Waals surface area contributed by atoms with E-state index in [-0.39, 0.29) is 11.9 Å². The molecule has 2 saturated heterocycles. The minimum atomic E-state index is -3.19. The molecular formula is C20H32N4O4S. The molecule has 0 aromatic carbocycles. The molecule has 1 atom stereocenters. The summed E-state index contributed by atoms with van der Waals surface area (Å²) in [5, 5.41) is 2.98. The van der Waals surface area contributed by atoms with Crippen LogP contribution in [-0.2, 0) is 14.8 Å². The summed E-state index contributed by atoms with van der Waals surface area (Å²) in [6.45, 7) is 5.66. The lowest BCUT2D eigenvalue weighted by Gasteiger charge is -2.43. The van der Waals surface area contributed by atoms with Crippen molar-refractivity contribution in [3.8, 4) is 0 Å². The Kier molecular flexibility index (Phi) is 7.61. The van der Waals surface area contributed by atoms with Gasteiger partial charge < -0.3 is 10.1 Å². The summed E-state index contributed by atoms with van der Waals surface area (Å²) in [5.41, 5.74) is 1.43. The average Bonchev–Trinajstić information content (AvgIpc) is 2.72. The van der Waals surface area contributed by atoms with Crippen molar-refractivity contribution in [1.29, 1.82) is 0 Å². The van der Waals surface area contributed by atoms with Crippen molar-refractivity contribution in [3.05, 3.63) is 29.6 Å². The molecule has 3 rings (SSSR count). The second kappa shape index (κ2) is 9.97. The fraction of sp³-hybridized carbons (Fsp3) is 0.700. The van der Waals surface area contributed by atoms with E-state index in [1.807, 2.05) is 13.0 Å². The number of ether oxygens (including phenoxy) is 1. The maximum atomic E-state index is 12.4. The van der Waals surface area contributed by atoms with E-state index in [9.17, 15) is 13.2 Å². The largest absolute Gasteiger partial charge is 0.381 e. The van der Waals surface area contributed by atoms with Crippen LogP contribution in [0.5, 0.6) is 0 Å². The zero-order valence-electron chi connectivity index (χ0n) is 17.3. The minimum absolute atomic E-state index is 0.133. The van der Waals surface area contributed by atoms with E-state index in [4.69, 9.17) is 4.74 Å². The summed E-state index contributed by atoms with van der Waals surface area (Å²) in [6, 6.07) is 4.12. The van der Waals surface area contributed by atoms with Crippen LogP contribution in [-0.4, -0.2) is 86.2 Å². The first kappa shape index (κ1) is 22.1. The first-order chi connectivity index (χ1) is 13.8. The molecule has 0 spiro atoms. The van der Waals surface area contributed by atoms with Gasteiger partial charge in [-0.05, 0) is 44.7 Å². The lowest BCUT2D eigenvalue weighted by molar-refractivity contribution is 0.00673. The predicted molar refractivity (Wildman–Crippen MR) is 111 cm³/mol. The zero-order valence-corrected chi connectivity index (χ0v) is 18.2. The third kappa shape index (κ3) is 6.21. The summed E-state index contributed by atoms with van der Waals surface area (Å²) in [4.78, 5) is 19.0. The Morgan fingerprint density at radius 2 is 2.03 bits per heavy atom.